The SMILES string of the molecule is CS(=O)(=O)c1ccc(-c2cnn(-c3ccc(F)cc3)c(=O)c2CI)cc1. The maximum Gasteiger partial charge on any atom is 0.276 e. The predicted octanol–water partition coefficient (Wildman–Crippen LogP) is 3.38. The van der Waals surface area contributed by atoms with E-state index in [9.17, 15) is 17.6 Å². The van der Waals surface area contributed by atoms with E-state index in [2.05, 4.69) is 27.7 Å². The van der Waals surface area contributed by atoms with Crippen LogP contribution in [0.5, 0.6) is 0 Å². The molecule has 0 saturated carbocycles. The second-order valence-corrected chi connectivity index (χ2v) is 8.44. The lowest BCUT2D eigenvalue weighted by Gasteiger charge is -2.11. The van der Waals surface area contributed by atoms with E-state index in [-0.39, 0.29) is 10.5 Å². The molecular formula is C18H14FIN2O3S. The van der Waals surface area contributed by atoms with E-state index in [1.54, 1.807) is 18.3 Å². The maximum atomic E-state index is 13.1. The van der Waals surface area contributed by atoms with Gasteiger partial charge in [0.2, 0.25) is 0 Å². The maximum absolute atomic E-state index is 13.1. The molecule has 26 heavy (non-hydrogen) atoms. The van der Waals surface area contributed by atoms with E-state index < -0.39 is 15.7 Å². The number of sulfone groups is 1. The van der Waals surface area contributed by atoms with Crippen LogP contribution in [0.3, 0.4) is 0 Å². The Kier molecular flexibility index (Phi) is 5.24. The molecular weight excluding hydrogens is 470 g/mol. The Balaban J connectivity index is 2.11. The van der Waals surface area contributed by atoms with Gasteiger partial charge < -0.3 is 0 Å². The minimum Gasteiger partial charge on any atom is -0.267 e. The zero-order chi connectivity index (χ0) is 18.9. The summed E-state index contributed by atoms with van der Waals surface area (Å²) in [6.07, 6.45) is 2.71. The number of hydrogen-bond acceptors (Lipinski definition) is 4. The minimum absolute atomic E-state index is 0.213. The Morgan fingerprint density at radius 2 is 1.69 bits per heavy atom. The molecule has 0 radical (unpaired) electrons. The van der Waals surface area contributed by atoms with E-state index in [1.165, 1.54) is 41.1 Å². The van der Waals surface area contributed by atoms with Crippen molar-refractivity contribution in [1.82, 2.24) is 9.78 Å². The third-order valence-corrected chi connectivity index (χ3v) is 5.77. The van der Waals surface area contributed by atoms with Crippen LogP contribution in [0.15, 0.2) is 64.4 Å². The number of halogens is 2. The largest absolute Gasteiger partial charge is 0.276 e. The minimum atomic E-state index is -3.29. The average molecular weight is 484 g/mol. The van der Waals surface area contributed by atoms with Gasteiger partial charge in [-0.15, -0.1) is 0 Å². The highest BCUT2D eigenvalue weighted by Gasteiger charge is 2.14. The quantitative estimate of drug-likeness (QED) is 0.421. The Bertz CT molecular complexity index is 1110. The van der Waals surface area contributed by atoms with Crippen molar-refractivity contribution in [1.29, 1.82) is 0 Å². The number of aromatic nitrogens is 2. The fourth-order valence-corrected chi connectivity index (χ4v) is 3.88. The van der Waals surface area contributed by atoms with Gasteiger partial charge in [-0.3, -0.25) is 4.79 Å². The lowest BCUT2D eigenvalue weighted by molar-refractivity contribution is 0.602. The highest BCUT2D eigenvalue weighted by Crippen LogP contribution is 2.24. The average Bonchev–Trinajstić information content (AvgIpc) is 2.62. The number of alkyl halides is 1. The van der Waals surface area contributed by atoms with Gasteiger partial charge in [-0.1, -0.05) is 34.7 Å². The summed E-state index contributed by atoms with van der Waals surface area (Å²) in [5.74, 6) is -0.390. The Labute approximate surface area is 163 Å². The first-order valence-electron chi connectivity index (χ1n) is 7.55. The lowest BCUT2D eigenvalue weighted by atomic mass is 10.0. The summed E-state index contributed by atoms with van der Waals surface area (Å²) in [6, 6.07) is 11.8. The molecule has 0 aliphatic rings. The van der Waals surface area contributed by atoms with Gasteiger partial charge >= 0.3 is 0 Å². The first-order chi connectivity index (χ1) is 12.3. The standard InChI is InChI=1S/C18H14FIN2O3S/c1-26(24,25)15-8-2-12(3-9-15)17-11-21-22(18(23)16(17)10-20)14-6-4-13(19)5-7-14/h2-9,11H,10H2,1H3. The molecule has 3 rings (SSSR count). The summed E-state index contributed by atoms with van der Waals surface area (Å²) in [4.78, 5) is 13.0. The molecule has 1 aromatic heterocycles. The Hall–Kier alpha value is -2.07. The van der Waals surface area contributed by atoms with Gasteiger partial charge in [0, 0.05) is 21.8 Å². The van der Waals surface area contributed by atoms with Gasteiger partial charge in [0.05, 0.1) is 16.8 Å². The highest BCUT2D eigenvalue weighted by atomic mass is 127. The monoisotopic (exact) mass is 484 g/mol. The van der Waals surface area contributed by atoms with E-state index in [4.69, 9.17) is 0 Å². The number of rotatable bonds is 4. The molecule has 0 N–H and O–H groups in total. The van der Waals surface area contributed by atoms with E-state index in [1.807, 2.05) is 0 Å². The van der Waals surface area contributed by atoms with Gasteiger partial charge in [-0.2, -0.15) is 9.78 Å². The summed E-state index contributed by atoms with van der Waals surface area (Å²) >= 11 is 2.10. The van der Waals surface area contributed by atoms with Gasteiger partial charge in [0.1, 0.15) is 5.82 Å². The van der Waals surface area contributed by atoms with Crippen LogP contribution in [0.4, 0.5) is 4.39 Å². The Morgan fingerprint density at radius 1 is 1.08 bits per heavy atom. The second kappa shape index (κ2) is 7.28. The molecule has 0 unspecified atom stereocenters. The molecule has 0 saturated heterocycles. The summed E-state index contributed by atoms with van der Waals surface area (Å²) < 4.78 is 38.0. The van der Waals surface area contributed by atoms with Crippen molar-refractivity contribution >= 4 is 32.4 Å². The molecule has 0 atom stereocenters. The van der Waals surface area contributed by atoms with Crippen LogP contribution >= 0.6 is 22.6 Å². The molecule has 0 aliphatic heterocycles. The van der Waals surface area contributed by atoms with Crippen LogP contribution in [0.2, 0.25) is 0 Å². The topological polar surface area (TPSA) is 69.0 Å². The number of benzene rings is 2. The molecule has 0 amide bonds. The van der Waals surface area contributed by atoms with Crippen LogP contribution in [0.1, 0.15) is 5.56 Å². The molecule has 1 heterocycles. The van der Waals surface area contributed by atoms with E-state index in [0.29, 0.717) is 26.8 Å². The van der Waals surface area contributed by atoms with Crippen molar-refractivity contribution in [3.8, 4) is 16.8 Å². The summed E-state index contributed by atoms with van der Waals surface area (Å²) in [7, 11) is -3.29. The fraction of sp³-hybridized carbons (Fsp3) is 0.111. The van der Waals surface area contributed by atoms with Gasteiger partial charge in [-0.25, -0.2) is 12.8 Å². The number of nitrogens with zero attached hydrogens (tertiary/aromatic N) is 2. The molecule has 0 spiro atoms. The van der Waals surface area contributed by atoms with Crippen molar-refractivity contribution in [2.45, 2.75) is 9.32 Å². The smallest absolute Gasteiger partial charge is 0.267 e. The summed E-state index contributed by atoms with van der Waals surface area (Å²) in [5, 5.41) is 4.19. The van der Waals surface area contributed by atoms with Crippen molar-refractivity contribution in [2.24, 2.45) is 0 Å². The van der Waals surface area contributed by atoms with Gasteiger partial charge in [-0.05, 0) is 42.0 Å². The van der Waals surface area contributed by atoms with Crippen molar-refractivity contribution in [2.75, 3.05) is 6.26 Å². The lowest BCUT2D eigenvalue weighted by Crippen LogP contribution is -2.24. The van der Waals surface area contributed by atoms with Crippen LogP contribution in [-0.4, -0.2) is 24.5 Å². The zero-order valence-electron chi connectivity index (χ0n) is 13.7. The van der Waals surface area contributed by atoms with Gasteiger partial charge in [0.25, 0.3) is 5.56 Å². The first-order valence-corrected chi connectivity index (χ1v) is 11.0. The molecule has 8 heteroatoms. The molecule has 134 valence electrons. The van der Waals surface area contributed by atoms with Crippen molar-refractivity contribution in [3.63, 3.8) is 0 Å². The van der Waals surface area contributed by atoms with Crippen molar-refractivity contribution < 1.29 is 12.8 Å². The zero-order valence-corrected chi connectivity index (χ0v) is 16.7. The molecule has 0 aliphatic carbocycles. The highest BCUT2D eigenvalue weighted by molar-refractivity contribution is 14.1. The molecule has 5 nitrogen and oxygen atoms in total. The van der Waals surface area contributed by atoms with Crippen molar-refractivity contribution in [3.05, 3.63) is 76.5 Å². The van der Waals surface area contributed by atoms with Crippen LogP contribution in [-0.2, 0) is 14.3 Å². The Morgan fingerprint density at radius 3 is 2.23 bits per heavy atom. The number of hydrogen-bond donors (Lipinski definition) is 0. The third-order valence-electron chi connectivity index (χ3n) is 3.88. The normalized spacial score (nSPS) is 11.5. The molecule has 0 bridgehead atoms. The third kappa shape index (κ3) is 3.70. The van der Waals surface area contributed by atoms with E-state index in [0.717, 1.165) is 6.26 Å². The summed E-state index contributed by atoms with van der Waals surface area (Å²) in [6.45, 7) is 0. The van der Waals surface area contributed by atoms with Crippen LogP contribution in [0.25, 0.3) is 16.8 Å². The summed E-state index contributed by atoms with van der Waals surface area (Å²) in [5.41, 5.74) is 2.07. The fourth-order valence-electron chi connectivity index (χ4n) is 2.51. The van der Waals surface area contributed by atoms with Crippen LogP contribution in [0, 0.1) is 5.82 Å². The van der Waals surface area contributed by atoms with Crippen LogP contribution < -0.4 is 5.56 Å². The molecule has 2 aromatic carbocycles. The van der Waals surface area contributed by atoms with Gasteiger partial charge in [0.15, 0.2) is 9.84 Å². The molecule has 3 aromatic rings. The van der Waals surface area contributed by atoms with E-state index >= 15 is 0 Å². The molecule has 0 fully saturated rings. The predicted molar refractivity (Wildman–Crippen MR) is 106 cm³/mol. The first kappa shape index (κ1) is 18.7. The second-order valence-electron chi connectivity index (χ2n) is 5.66.